The average molecular weight is 358 g/mol. The van der Waals surface area contributed by atoms with Gasteiger partial charge in [-0.25, -0.2) is 0 Å². The second-order valence-corrected chi connectivity index (χ2v) is 4.60. The van der Waals surface area contributed by atoms with E-state index in [1.165, 1.54) is 0 Å². The van der Waals surface area contributed by atoms with E-state index in [4.69, 9.17) is 0 Å². The molecule has 3 N–H and O–H groups in total. The molecule has 0 fully saturated rings. The minimum absolute atomic E-state index is 0. The maximum Gasteiger partial charge on any atom is 1.00 e. The number of hydrogen-bond acceptors (Lipinski definition) is 3. The maximum absolute atomic E-state index is 9.70. The fourth-order valence-corrected chi connectivity index (χ4v) is 2.01. The molecule has 2 rings (SSSR count). The van der Waals surface area contributed by atoms with Gasteiger partial charge in [-0.05, 0) is 56.1 Å². The molecule has 2 aromatic rings. The van der Waals surface area contributed by atoms with E-state index < -0.39 is 0 Å². The summed E-state index contributed by atoms with van der Waals surface area (Å²) >= 11 is 6.43. The molecule has 80 valence electrons. The topological polar surface area (TPSA) is 70.5 Å². The van der Waals surface area contributed by atoms with Crippen LogP contribution in [0.2, 0.25) is 0 Å². The molecule has 16 heavy (non-hydrogen) atoms. The van der Waals surface area contributed by atoms with Crippen molar-refractivity contribution >= 4 is 42.6 Å². The number of halogens is 2. The van der Waals surface area contributed by atoms with E-state index in [1.54, 1.807) is 24.3 Å². The van der Waals surface area contributed by atoms with Gasteiger partial charge in [0.1, 0.15) is 11.5 Å². The van der Waals surface area contributed by atoms with Crippen LogP contribution in [-0.4, -0.2) is 15.7 Å². The van der Waals surface area contributed by atoms with Gasteiger partial charge < -0.3 is 15.7 Å². The Balaban J connectivity index is 0.00000112. The Kier molecular flexibility index (Phi) is 6.32. The van der Waals surface area contributed by atoms with Gasteiger partial charge in [-0.1, -0.05) is 0 Å². The number of aromatic hydroxyl groups is 2. The summed E-state index contributed by atoms with van der Waals surface area (Å²) in [7, 11) is 0. The number of fused-ring (bicyclic) bond motifs is 1. The molecule has 0 spiro atoms. The van der Waals surface area contributed by atoms with E-state index in [-0.39, 0.29) is 46.5 Å². The summed E-state index contributed by atoms with van der Waals surface area (Å²) < 4.78 is 1.23. The minimum Gasteiger partial charge on any atom is -0.870 e. The van der Waals surface area contributed by atoms with Crippen molar-refractivity contribution in [3.05, 3.63) is 33.2 Å². The molecular formula is C10H7Br2NaO3. The normalized spacial score (nSPS) is 9.38. The van der Waals surface area contributed by atoms with E-state index in [2.05, 4.69) is 31.9 Å². The molecule has 0 bridgehead atoms. The first-order chi connectivity index (χ1) is 6.61. The van der Waals surface area contributed by atoms with Crippen molar-refractivity contribution < 1.29 is 45.2 Å². The first-order valence-corrected chi connectivity index (χ1v) is 5.48. The summed E-state index contributed by atoms with van der Waals surface area (Å²) in [6.45, 7) is 0. The average Bonchev–Trinajstić information content (AvgIpc) is 2.17. The molecule has 0 unspecified atom stereocenters. The zero-order valence-corrected chi connectivity index (χ0v) is 13.6. The number of benzene rings is 2. The van der Waals surface area contributed by atoms with Crippen LogP contribution in [0.4, 0.5) is 0 Å². The predicted molar refractivity (Wildman–Crippen MR) is 64.6 cm³/mol. The third-order valence-electron chi connectivity index (χ3n) is 2.05. The van der Waals surface area contributed by atoms with Crippen LogP contribution < -0.4 is 29.6 Å². The SMILES string of the molecule is Oc1c(Br)ccc2c(O)c(Br)ccc12.[Na+].[OH-]. The molecule has 2 aromatic carbocycles. The zero-order valence-electron chi connectivity index (χ0n) is 8.41. The van der Waals surface area contributed by atoms with Gasteiger partial charge in [0.15, 0.2) is 0 Å². The van der Waals surface area contributed by atoms with Gasteiger partial charge in [0.25, 0.3) is 0 Å². The third-order valence-corrected chi connectivity index (χ3v) is 3.33. The summed E-state index contributed by atoms with van der Waals surface area (Å²) in [5, 5.41) is 20.7. The van der Waals surface area contributed by atoms with Crippen molar-refractivity contribution in [2.75, 3.05) is 0 Å². The van der Waals surface area contributed by atoms with Crippen LogP contribution in [0.5, 0.6) is 11.5 Å². The van der Waals surface area contributed by atoms with Gasteiger partial charge in [0.2, 0.25) is 0 Å². The Morgan fingerprint density at radius 1 is 0.750 bits per heavy atom. The fourth-order valence-electron chi connectivity index (χ4n) is 1.32. The molecule has 0 aliphatic rings. The van der Waals surface area contributed by atoms with Crippen molar-refractivity contribution in [1.29, 1.82) is 0 Å². The van der Waals surface area contributed by atoms with E-state index in [9.17, 15) is 10.2 Å². The Morgan fingerprint density at radius 2 is 1.06 bits per heavy atom. The van der Waals surface area contributed by atoms with Crippen molar-refractivity contribution in [3.63, 3.8) is 0 Å². The van der Waals surface area contributed by atoms with Gasteiger partial charge in [-0.2, -0.15) is 0 Å². The van der Waals surface area contributed by atoms with Gasteiger partial charge in [-0.3, -0.25) is 0 Å². The van der Waals surface area contributed by atoms with Gasteiger partial charge in [-0.15, -0.1) is 0 Å². The van der Waals surface area contributed by atoms with Crippen LogP contribution in [0.3, 0.4) is 0 Å². The molecule has 6 heteroatoms. The number of phenolic OH excluding ortho intramolecular Hbond substituents is 2. The summed E-state index contributed by atoms with van der Waals surface area (Å²) in [4.78, 5) is 0. The first kappa shape index (κ1) is 16.2. The fraction of sp³-hybridized carbons (Fsp3) is 0. The minimum atomic E-state index is 0. The molecule has 0 atom stereocenters. The quantitative estimate of drug-likeness (QED) is 0.678. The molecule has 0 saturated carbocycles. The first-order valence-electron chi connectivity index (χ1n) is 3.90. The molecular weight excluding hydrogens is 351 g/mol. The van der Waals surface area contributed by atoms with Crippen molar-refractivity contribution in [3.8, 4) is 11.5 Å². The van der Waals surface area contributed by atoms with Crippen molar-refractivity contribution in [2.24, 2.45) is 0 Å². The Labute approximate surface area is 131 Å². The van der Waals surface area contributed by atoms with E-state index in [0.29, 0.717) is 19.7 Å². The van der Waals surface area contributed by atoms with Crippen molar-refractivity contribution in [2.45, 2.75) is 0 Å². The van der Waals surface area contributed by atoms with Gasteiger partial charge in [0.05, 0.1) is 8.95 Å². The van der Waals surface area contributed by atoms with Crippen LogP contribution >= 0.6 is 31.9 Å². The Bertz CT molecular complexity index is 470. The third kappa shape index (κ3) is 2.72. The number of phenols is 2. The molecule has 0 saturated heterocycles. The van der Waals surface area contributed by atoms with E-state index in [1.807, 2.05) is 0 Å². The predicted octanol–water partition coefficient (Wildman–Crippen LogP) is 0.603. The smallest absolute Gasteiger partial charge is 0.870 e. The van der Waals surface area contributed by atoms with Gasteiger partial charge in [0, 0.05) is 10.8 Å². The molecule has 0 radical (unpaired) electrons. The van der Waals surface area contributed by atoms with Crippen LogP contribution in [0, 0.1) is 0 Å². The zero-order chi connectivity index (χ0) is 10.3. The number of hydrogen-bond donors (Lipinski definition) is 2. The second-order valence-electron chi connectivity index (χ2n) is 2.89. The summed E-state index contributed by atoms with van der Waals surface area (Å²) in [5.74, 6) is 0.288. The van der Waals surface area contributed by atoms with Crippen LogP contribution in [0.25, 0.3) is 10.8 Å². The summed E-state index contributed by atoms with van der Waals surface area (Å²) in [5.41, 5.74) is 0. The van der Waals surface area contributed by atoms with Crippen molar-refractivity contribution in [1.82, 2.24) is 0 Å². The van der Waals surface area contributed by atoms with Gasteiger partial charge >= 0.3 is 29.6 Å². The summed E-state index contributed by atoms with van der Waals surface area (Å²) in [6, 6.07) is 6.89. The largest absolute Gasteiger partial charge is 1.00 e. The maximum atomic E-state index is 9.70. The van der Waals surface area contributed by atoms with Crippen LogP contribution in [0.1, 0.15) is 0 Å². The monoisotopic (exact) mass is 356 g/mol. The standard InChI is InChI=1S/C10H6Br2O2.Na.H2O/c11-7-3-1-5-6(10(7)14)2-4-8(12)9(5)13;;/h1-4,13-14H;;1H2/q;+1;/p-1. The van der Waals surface area contributed by atoms with Crippen LogP contribution in [-0.2, 0) is 0 Å². The van der Waals surface area contributed by atoms with E-state index >= 15 is 0 Å². The summed E-state index contributed by atoms with van der Waals surface area (Å²) in [6.07, 6.45) is 0. The molecule has 3 nitrogen and oxygen atoms in total. The molecule has 0 amide bonds. The van der Waals surface area contributed by atoms with E-state index in [0.717, 1.165) is 0 Å². The molecule has 0 aliphatic heterocycles. The molecule has 0 aliphatic carbocycles. The number of rotatable bonds is 0. The molecule has 0 aromatic heterocycles. The van der Waals surface area contributed by atoms with Crippen LogP contribution in [0.15, 0.2) is 33.2 Å². The Hall–Kier alpha value is 0.220. The molecule has 0 heterocycles. The second kappa shape index (κ2) is 6.23. The Morgan fingerprint density at radius 3 is 1.38 bits per heavy atom.